The van der Waals surface area contributed by atoms with Gasteiger partial charge in [0.2, 0.25) is 5.91 Å². The van der Waals surface area contributed by atoms with E-state index in [1.807, 2.05) is 32.2 Å². The topological polar surface area (TPSA) is 92.1 Å². The van der Waals surface area contributed by atoms with Gasteiger partial charge in [0, 0.05) is 5.69 Å². The number of fused-ring (bicyclic) bond motifs is 2. The van der Waals surface area contributed by atoms with E-state index in [0.717, 1.165) is 22.6 Å². The fourth-order valence-electron chi connectivity index (χ4n) is 2.75. The Kier molecular flexibility index (Phi) is 2.68. The minimum atomic E-state index is -0.527. The lowest BCUT2D eigenvalue weighted by molar-refractivity contribution is -0.119. The van der Waals surface area contributed by atoms with Crippen molar-refractivity contribution < 1.29 is 9.21 Å². The van der Waals surface area contributed by atoms with Gasteiger partial charge >= 0.3 is 0 Å². The molecule has 114 valence electrons. The summed E-state index contributed by atoms with van der Waals surface area (Å²) in [6.07, 6.45) is 1.63. The number of nitrogens with zero attached hydrogens (tertiary/aromatic N) is 2. The molecule has 4 rings (SSSR count). The Balaban J connectivity index is 1.67. The van der Waals surface area contributed by atoms with Crippen LogP contribution in [0.25, 0.3) is 0 Å². The fraction of sp³-hybridized carbons (Fsp3) is 0.357. The number of amides is 1. The Hall–Kier alpha value is -2.22. The molecule has 3 heterocycles. The molecule has 8 heteroatoms. The number of rotatable bonds is 2. The predicted octanol–water partition coefficient (Wildman–Crippen LogP) is 2.56. The van der Waals surface area contributed by atoms with Crippen molar-refractivity contribution in [1.82, 2.24) is 10.2 Å². The van der Waals surface area contributed by atoms with Crippen LogP contribution in [0.15, 0.2) is 21.8 Å². The number of thioether (sulfide) groups is 1. The van der Waals surface area contributed by atoms with Crippen molar-refractivity contribution in [1.29, 1.82) is 0 Å². The van der Waals surface area contributed by atoms with Crippen LogP contribution < -0.4 is 16.0 Å². The average Bonchev–Trinajstić information content (AvgIpc) is 3.15. The molecule has 2 aliphatic heterocycles. The number of hydrogen-bond acceptors (Lipinski definition) is 7. The molecule has 0 bridgehead atoms. The molecule has 7 nitrogen and oxygen atoms in total. The second-order valence-electron chi connectivity index (χ2n) is 5.85. The van der Waals surface area contributed by atoms with Crippen LogP contribution in [-0.2, 0) is 10.2 Å². The Morgan fingerprint density at radius 3 is 2.59 bits per heavy atom. The second-order valence-corrected chi connectivity index (χ2v) is 6.61. The molecule has 2 aromatic rings. The van der Waals surface area contributed by atoms with Gasteiger partial charge < -0.3 is 20.4 Å². The van der Waals surface area contributed by atoms with E-state index in [-0.39, 0.29) is 12.1 Å². The van der Waals surface area contributed by atoms with Gasteiger partial charge in [-0.25, -0.2) is 0 Å². The molecule has 0 aliphatic carbocycles. The number of carbonyl (C=O) groups is 1. The lowest BCUT2D eigenvalue weighted by Gasteiger charge is -2.15. The van der Waals surface area contributed by atoms with Gasteiger partial charge in [0.15, 0.2) is 6.17 Å². The third kappa shape index (κ3) is 1.80. The van der Waals surface area contributed by atoms with Crippen molar-refractivity contribution >= 4 is 34.7 Å². The maximum atomic E-state index is 12.0. The smallest absolute Gasteiger partial charge is 0.276 e. The summed E-state index contributed by atoms with van der Waals surface area (Å²) in [6, 6.07) is 3.94. The first-order valence-corrected chi connectivity index (χ1v) is 8.12. The van der Waals surface area contributed by atoms with Gasteiger partial charge in [-0.05, 0) is 37.8 Å². The zero-order valence-electron chi connectivity index (χ0n) is 12.4. The quantitative estimate of drug-likeness (QED) is 0.733. The third-order valence-electron chi connectivity index (χ3n) is 4.09. The maximum Gasteiger partial charge on any atom is 0.276 e. The van der Waals surface area contributed by atoms with Crippen LogP contribution >= 0.6 is 11.8 Å². The van der Waals surface area contributed by atoms with Crippen molar-refractivity contribution in [3.05, 3.63) is 23.6 Å². The molecular weight excluding hydrogens is 302 g/mol. The summed E-state index contributed by atoms with van der Waals surface area (Å²) in [5, 5.41) is 18.0. The Morgan fingerprint density at radius 1 is 1.18 bits per heavy atom. The highest BCUT2D eigenvalue weighted by Gasteiger charge is 2.40. The molecule has 1 atom stereocenters. The molecule has 1 aromatic carbocycles. The number of benzene rings is 1. The first-order valence-electron chi connectivity index (χ1n) is 6.89. The number of hydrogen-bond donors (Lipinski definition) is 3. The second kappa shape index (κ2) is 4.39. The minimum Gasteiger partial charge on any atom is -0.412 e. The van der Waals surface area contributed by atoms with Gasteiger partial charge in [-0.1, -0.05) is 11.8 Å². The SMILES string of the molecule is CSc1nnc(C2Nc3cc4c(cc3N2)C(C)(C)C(=O)N4)o1. The molecule has 1 aromatic heterocycles. The van der Waals surface area contributed by atoms with E-state index >= 15 is 0 Å². The molecule has 1 amide bonds. The lowest BCUT2D eigenvalue weighted by Crippen LogP contribution is -2.26. The van der Waals surface area contributed by atoms with Crippen molar-refractivity contribution in [3.63, 3.8) is 0 Å². The number of anilines is 3. The summed E-state index contributed by atoms with van der Waals surface area (Å²) < 4.78 is 5.55. The van der Waals surface area contributed by atoms with E-state index in [1.54, 1.807) is 0 Å². The van der Waals surface area contributed by atoms with Gasteiger partial charge in [-0.2, -0.15) is 0 Å². The van der Waals surface area contributed by atoms with Gasteiger partial charge in [-0.3, -0.25) is 4.79 Å². The van der Waals surface area contributed by atoms with Gasteiger partial charge in [0.1, 0.15) is 0 Å². The summed E-state index contributed by atoms with van der Waals surface area (Å²) in [5.74, 6) is 0.508. The van der Waals surface area contributed by atoms with Crippen LogP contribution in [0.2, 0.25) is 0 Å². The molecule has 0 fully saturated rings. The maximum absolute atomic E-state index is 12.0. The standard InChI is InChI=1S/C14H15N5O2S/c1-14(2)6-4-8-9(5-7(6)17-12(14)20)16-10(15-8)11-18-19-13(21-11)22-3/h4-5,10,15-16H,1-3H3,(H,17,20). The molecule has 1 unspecified atom stereocenters. The Bertz CT molecular complexity index is 786. The van der Waals surface area contributed by atoms with Crippen LogP contribution in [0, 0.1) is 0 Å². The highest BCUT2D eigenvalue weighted by molar-refractivity contribution is 7.98. The van der Waals surface area contributed by atoms with Crippen molar-refractivity contribution in [2.75, 3.05) is 22.2 Å². The zero-order chi connectivity index (χ0) is 15.5. The highest BCUT2D eigenvalue weighted by atomic mass is 32.2. The molecule has 3 N–H and O–H groups in total. The molecular formula is C14H15N5O2S. The monoisotopic (exact) mass is 317 g/mol. The van der Waals surface area contributed by atoms with Crippen molar-refractivity contribution in [2.24, 2.45) is 0 Å². The molecule has 2 aliphatic rings. The number of carbonyl (C=O) groups excluding carboxylic acids is 1. The summed E-state index contributed by atoms with van der Waals surface area (Å²) in [5.41, 5.74) is 3.14. The largest absolute Gasteiger partial charge is 0.412 e. The summed E-state index contributed by atoms with van der Waals surface area (Å²) in [4.78, 5) is 12.0. The van der Waals surface area contributed by atoms with Crippen LogP contribution in [0.1, 0.15) is 31.5 Å². The highest BCUT2D eigenvalue weighted by Crippen LogP contribution is 2.45. The van der Waals surface area contributed by atoms with E-state index in [0.29, 0.717) is 11.1 Å². The first kappa shape index (κ1) is 13.4. The van der Waals surface area contributed by atoms with Gasteiger partial charge in [0.25, 0.3) is 11.1 Å². The van der Waals surface area contributed by atoms with Crippen LogP contribution in [0.4, 0.5) is 17.1 Å². The number of aromatic nitrogens is 2. The van der Waals surface area contributed by atoms with Gasteiger partial charge in [0.05, 0.1) is 16.8 Å². The predicted molar refractivity (Wildman–Crippen MR) is 84.2 cm³/mol. The van der Waals surface area contributed by atoms with Crippen LogP contribution in [0.5, 0.6) is 0 Å². The normalized spacial score (nSPS) is 20.9. The van der Waals surface area contributed by atoms with E-state index in [1.165, 1.54) is 11.8 Å². The van der Waals surface area contributed by atoms with E-state index in [9.17, 15) is 4.79 Å². The summed E-state index contributed by atoms with van der Waals surface area (Å²) in [7, 11) is 0. The molecule has 0 saturated heterocycles. The molecule has 0 radical (unpaired) electrons. The van der Waals surface area contributed by atoms with Gasteiger partial charge in [-0.15, -0.1) is 10.2 Å². The minimum absolute atomic E-state index is 0.0178. The molecule has 22 heavy (non-hydrogen) atoms. The van der Waals surface area contributed by atoms with E-state index in [2.05, 4.69) is 26.1 Å². The van der Waals surface area contributed by atoms with E-state index in [4.69, 9.17) is 4.42 Å². The summed E-state index contributed by atoms with van der Waals surface area (Å²) in [6.45, 7) is 3.84. The van der Waals surface area contributed by atoms with E-state index < -0.39 is 5.41 Å². The fourth-order valence-corrected chi connectivity index (χ4v) is 3.04. The molecule has 0 saturated carbocycles. The van der Waals surface area contributed by atoms with Crippen molar-refractivity contribution in [2.45, 2.75) is 30.7 Å². The van der Waals surface area contributed by atoms with Crippen molar-refractivity contribution in [3.8, 4) is 0 Å². The zero-order valence-corrected chi connectivity index (χ0v) is 13.2. The summed E-state index contributed by atoms with van der Waals surface area (Å²) >= 11 is 1.41. The molecule has 0 spiro atoms. The number of nitrogens with one attached hydrogen (secondary N) is 3. The van der Waals surface area contributed by atoms with Crippen LogP contribution in [-0.4, -0.2) is 22.4 Å². The lowest BCUT2D eigenvalue weighted by atomic mass is 9.86. The third-order valence-corrected chi connectivity index (χ3v) is 4.60. The Labute approximate surface area is 131 Å². The Morgan fingerprint density at radius 2 is 1.91 bits per heavy atom. The first-order chi connectivity index (χ1) is 10.5. The van der Waals surface area contributed by atoms with Crippen LogP contribution in [0.3, 0.4) is 0 Å². The average molecular weight is 317 g/mol.